The highest BCUT2D eigenvalue weighted by Gasteiger charge is 2.39. The summed E-state index contributed by atoms with van der Waals surface area (Å²) >= 11 is 0. The lowest BCUT2D eigenvalue weighted by molar-refractivity contribution is -0.120. The van der Waals surface area contributed by atoms with Gasteiger partial charge in [0.05, 0.1) is 17.9 Å². The molecular formula is C26H26F2N4O2. The van der Waals surface area contributed by atoms with E-state index in [1.165, 1.54) is 12.1 Å². The Morgan fingerprint density at radius 2 is 1.97 bits per heavy atom. The van der Waals surface area contributed by atoms with Gasteiger partial charge in [-0.15, -0.1) is 0 Å². The van der Waals surface area contributed by atoms with E-state index in [9.17, 15) is 13.6 Å². The first kappa shape index (κ1) is 21.3. The van der Waals surface area contributed by atoms with Gasteiger partial charge in [-0.25, -0.2) is 8.78 Å². The van der Waals surface area contributed by atoms with Gasteiger partial charge in [-0.2, -0.15) is 5.10 Å². The lowest BCUT2D eigenvalue weighted by atomic mass is 9.92. The van der Waals surface area contributed by atoms with Crippen LogP contribution in [0.2, 0.25) is 0 Å². The maximum Gasteiger partial charge on any atom is 0.230 e. The van der Waals surface area contributed by atoms with Crippen LogP contribution >= 0.6 is 0 Å². The third-order valence-corrected chi connectivity index (χ3v) is 7.06. The van der Waals surface area contributed by atoms with Crippen LogP contribution in [0.1, 0.15) is 37.8 Å². The van der Waals surface area contributed by atoms with Gasteiger partial charge in [0.25, 0.3) is 0 Å². The van der Waals surface area contributed by atoms with Gasteiger partial charge >= 0.3 is 0 Å². The third kappa shape index (κ3) is 3.66. The summed E-state index contributed by atoms with van der Waals surface area (Å²) in [5.74, 6) is -0.757. The molecule has 2 fully saturated rings. The molecular weight excluding hydrogens is 438 g/mol. The molecule has 0 radical (unpaired) electrons. The molecule has 8 heteroatoms. The Balaban J connectivity index is 1.47. The molecule has 0 spiro atoms. The Hall–Kier alpha value is -3.26. The van der Waals surface area contributed by atoms with Gasteiger partial charge in [0.2, 0.25) is 5.91 Å². The fourth-order valence-electron chi connectivity index (χ4n) is 4.82. The molecule has 0 bridgehead atoms. The van der Waals surface area contributed by atoms with E-state index in [4.69, 9.17) is 4.74 Å². The summed E-state index contributed by atoms with van der Waals surface area (Å²) in [5.41, 5.74) is 3.30. The molecule has 1 aliphatic carbocycles. The lowest BCUT2D eigenvalue weighted by Gasteiger charge is -2.36. The van der Waals surface area contributed by atoms with Crippen molar-refractivity contribution in [2.45, 2.75) is 44.7 Å². The highest BCUT2D eigenvalue weighted by molar-refractivity contribution is 5.99. The fraction of sp³-hybridized carbons (Fsp3) is 0.385. The number of amides is 1. The van der Waals surface area contributed by atoms with Gasteiger partial charge in [0.15, 0.2) is 11.6 Å². The number of carbonyl (C=O) groups is 1. The maximum atomic E-state index is 14.6. The molecule has 1 atom stereocenters. The average molecular weight is 465 g/mol. The van der Waals surface area contributed by atoms with Crippen molar-refractivity contribution in [3.05, 3.63) is 59.9 Å². The van der Waals surface area contributed by atoms with E-state index in [2.05, 4.69) is 17.3 Å². The standard InChI is InChI=1S/C26H26F2N4O2/c1-15-2-6-21-23(32(15)26(33)16-3-4-16)8-7-20(17-11-30-31(14-17)19-12-29-13-19)25(21)34-24-9-5-18(27)10-22(24)28/h5,7-11,14-16,19,29H,2-4,6,12-13H2,1H3. The zero-order chi connectivity index (χ0) is 23.4. The van der Waals surface area contributed by atoms with E-state index in [1.54, 1.807) is 6.20 Å². The molecule has 1 N–H and O–H groups in total. The van der Waals surface area contributed by atoms with E-state index in [-0.39, 0.29) is 23.6 Å². The summed E-state index contributed by atoms with van der Waals surface area (Å²) in [6.07, 6.45) is 7.08. The Morgan fingerprint density at radius 3 is 2.68 bits per heavy atom. The SMILES string of the molecule is CC1CCc2c(ccc(-c3cnn(C4CNC4)c3)c2Oc2ccc(F)cc2F)N1C(=O)C1CC1. The predicted molar refractivity (Wildman–Crippen MR) is 124 cm³/mol. The number of nitrogens with one attached hydrogen (secondary N) is 1. The zero-order valence-electron chi connectivity index (χ0n) is 18.9. The van der Waals surface area contributed by atoms with Gasteiger partial charge in [-0.1, -0.05) is 0 Å². The van der Waals surface area contributed by atoms with Crippen LogP contribution in [0.25, 0.3) is 11.1 Å². The van der Waals surface area contributed by atoms with Crippen molar-refractivity contribution in [2.24, 2.45) is 5.92 Å². The summed E-state index contributed by atoms with van der Waals surface area (Å²) in [7, 11) is 0. The molecule has 3 aromatic rings. The lowest BCUT2D eigenvalue weighted by Crippen LogP contribution is -2.43. The molecule has 1 aromatic heterocycles. The number of halogens is 2. The van der Waals surface area contributed by atoms with Crippen molar-refractivity contribution in [2.75, 3.05) is 18.0 Å². The molecule has 2 aromatic carbocycles. The Labute approximate surface area is 196 Å². The summed E-state index contributed by atoms with van der Waals surface area (Å²) < 4.78 is 36.2. The number of hydrogen-bond acceptors (Lipinski definition) is 4. The van der Waals surface area contributed by atoms with E-state index < -0.39 is 11.6 Å². The van der Waals surface area contributed by atoms with Crippen molar-refractivity contribution < 1.29 is 18.3 Å². The molecule has 6 nitrogen and oxygen atoms in total. The summed E-state index contributed by atoms with van der Waals surface area (Å²) in [4.78, 5) is 15.0. The number of hydrogen-bond donors (Lipinski definition) is 1. The largest absolute Gasteiger partial charge is 0.453 e. The summed E-state index contributed by atoms with van der Waals surface area (Å²) in [6.45, 7) is 3.80. The predicted octanol–water partition coefficient (Wildman–Crippen LogP) is 4.84. The van der Waals surface area contributed by atoms with Crippen molar-refractivity contribution in [3.8, 4) is 22.6 Å². The number of benzene rings is 2. The number of aromatic nitrogens is 2. The van der Waals surface area contributed by atoms with Gasteiger partial charge in [0, 0.05) is 54.0 Å². The molecule has 34 heavy (non-hydrogen) atoms. The molecule has 1 saturated carbocycles. The van der Waals surface area contributed by atoms with E-state index in [0.717, 1.165) is 60.8 Å². The van der Waals surface area contributed by atoms with E-state index >= 15 is 0 Å². The number of nitrogens with zero attached hydrogens (tertiary/aromatic N) is 3. The molecule has 176 valence electrons. The molecule has 6 rings (SSSR count). The molecule has 3 heterocycles. The second-order valence-electron chi connectivity index (χ2n) is 9.51. The minimum Gasteiger partial charge on any atom is -0.453 e. The van der Waals surface area contributed by atoms with Crippen molar-refractivity contribution in [3.63, 3.8) is 0 Å². The van der Waals surface area contributed by atoms with Crippen molar-refractivity contribution in [1.29, 1.82) is 0 Å². The van der Waals surface area contributed by atoms with Crippen LogP contribution in [-0.4, -0.2) is 34.8 Å². The summed E-state index contributed by atoms with van der Waals surface area (Å²) in [6, 6.07) is 7.57. The monoisotopic (exact) mass is 464 g/mol. The normalized spacial score (nSPS) is 20.1. The fourth-order valence-corrected chi connectivity index (χ4v) is 4.82. The van der Waals surface area contributed by atoms with Crippen LogP contribution < -0.4 is 15.0 Å². The third-order valence-electron chi connectivity index (χ3n) is 7.06. The molecule has 1 saturated heterocycles. The van der Waals surface area contributed by atoms with Gasteiger partial charge < -0.3 is 15.0 Å². The number of fused-ring (bicyclic) bond motifs is 1. The van der Waals surface area contributed by atoms with Crippen LogP contribution in [0, 0.1) is 17.6 Å². The van der Waals surface area contributed by atoms with E-state index in [0.29, 0.717) is 18.2 Å². The van der Waals surface area contributed by atoms with Crippen molar-refractivity contribution in [1.82, 2.24) is 15.1 Å². The highest BCUT2D eigenvalue weighted by atomic mass is 19.1. The molecule has 1 unspecified atom stereocenters. The van der Waals surface area contributed by atoms with Gasteiger partial charge in [-0.05, 0) is 56.9 Å². The molecule has 1 amide bonds. The van der Waals surface area contributed by atoms with Crippen LogP contribution in [0.4, 0.5) is 14.5 Å². The van der Waals surface area contributed by atoms with E-state index in [1.807, 2.05) is 27.9 Å². The minimum atomic E-state index is -0.769. The quantitative estimate of drug-likeness (QED) is 0.587. The van der Waals surface area contributed by atoms with Crippen LogP contribution in [0.3, 0.4) is 0 Å². The first-order valence-electron chi connectivity index (χ1n) is 11.9. The minimum absolute atomic E-state index is 0.0506. The van der Waals surface area contributed by atoms with Crippen LogP contribution in [0.5, 0.6) is 11.5 Å². The molecule has 3 aliphatic rings. The van der Waals surface area contributed by atoms with Crippen LogP contribution in [0.15, 0.2) is 42.7 Å². The van der Waals surface area contributed by atoms with Gasteiger partial charge in [-0.3, -0.25) is 9.48 Å². The van der Waals surface area contributed by atoms with Crippen molar-refractivity contribution >= 4 is 11.6 Å². The smallest absolute Gasteiger partial charge is 0.230 e. The maximum absolute atomic E-state index is 14.6. The Morgan fingerprint density at radius 1 is 1.15 bits per heavy atom. The number of anilines is 1. The number of carbonyl (C=O) groups excluding carboxylic acids is 1. The second kappa shape index (κ2) is 8.20. The highest BCUT2D eigenvalue weighted by Crippen LogP contribution is 2.46. The van der Waals surface area contributed by atoms with Crippen LogP contribution in [-0.2, 0) is 11.2 Å². The van der Waals surface area contributed by atoms with Gasteiger partial charge in [0.1, 0.15) is 11.6 Å². The average Bonchev–Trinajstić information content (AvgIpc) is 3.53. The number of ether oxygens (including phenoxy) is 1. The topological polar surface area (TPSA) is 59.4 Å². The zero-order valence-corrected chi connectivity index (χ0v) is 18.9. The molecule has 2 aliphatic heterocycles. The Kier molecular flexibility index (Phi) is 5.13. The summed E-state index contributed by atoms with van der Waals surface area (Å²) in [5, 5.41) is 7.77. The Bertz CT molecular complexity index is 1270. The second-order valence-corrected chi connectivity index (χ2v) is 9.51. The first-order valence-corrected chi connectivity index (χ1v) is 11.9. The first-order chi connectivity index (χ1) is 16.5. The number of rotatable bonds is 5.